The fraction of sp³-hybridized carbons (Fsp3) is 0.381. The molecule has 1 fully saturated rings. The molecule has 1 heterocycles. The number of hydrogen-bond donors (Lipinski definition) is 0. The fourth-order valence-corrected chi connectivity index (χ4v) is 4.12. The zero-order valence-corrected chi connectivity index (χ0v) is 16.3. The first-order valence-electron chi connectivity index (χ1n) is 8.83. The maximum atomic E-state index is 12.8. The molecule has 26 heavy (non-hydrogen) atoms. The van der Waals surface area contributed by atoms with Gasteiger partial charge in [-0.05, 0) is 49.6 Å². The summed E-state index contributed by atoms with van der Waals surface area (Å²) in [6.07, 6.45) is 2.01. The highest BCUT2D eigenvalue weighted by atomic mass is 32.2. The Bertz CT molecular complexity index is 760. The van der Waals surface area contributed by atoms with Gasteiger partial charge in [-0.25, -0.2) is 0 Å². The summed E-state index contributed by atoms with van der Waals surface area (Å²) in [6, 6.07) is 14.3. The quantitative estimate of drug-likeness (QED) is 0.703. The van der Waals surface area contributed by atoms with Crippen LogP contribution in [-0.2, 0) is 4.79 Å². The average molecular weight is 372 g/mol. The summed E-state index contributed by atoms with van der Waals surface area (Å²) in [5.74, 6) is 2.07. The van der Waals surface area contributed by atoms with Crippen LogP contribution in [0.25, 0.3) is 0 Å². The smallest absolute Gasteiger partial charge is 0.233 e. The van der Waals surface area contributed by atoms with E-state index in [4.69, 9.17) is 9.47 Å². The van der Waals surface area contributed by atoms with Gasteiger partial charge in [0.05, 0.1) is 26.0 Å². The van der Waals surface area contributed by atoms with Crippen LogP contribution in [0.4, 0.5) is 0 Å². The third-order valence-electron chi connectivity index (χ3n) is 4.75. The molecule has 0 bridgehead atoms. The number of carbonyl (C=O) groups excluding carboxylic acids is 1. The molecule has 0 N–H and O–H groups in total. The van der Waals surface area contributed by atoms with Crippen LogP contribution in [0.15, 0.2) is 47.4 Å². The van der Waals surface area contributed by atoms with Gasteiger partial charge >= 0.3 is 0 Å². The van der Waals surface area contributed by atoms with Crippen molar-refractivity contribution in [2.24, 2.45) is 0 Å². The van der Waals surface area contributed by atoms with Crippen LogP contribution >= 0.6 is 11.8 Å². The monoisotopic (exact) mass is 371 g/mol. The molecule has 0 aromatic heterocycles. The van der Waals surface area contributed by atoms with Gasteiger partial charge in [0.1, 0.15) is 0 Å². The molecule has 2 aromatic rings. The third-order valence-corrected chi connectivity index (χ3v) is 5.75. The summed E-state index contributed by atoms with van der Waals surface area (Å²) < 4.78 is 10.7. The molecule has 0 saturated carbocycles. The Kier molecular flexibility index (Phi) is 6.09. The van der Waals surface area contributed by atoms with Crippen LogP contribution in [0.5, 0.6) is 11.5 Å². The van der Waals surface area contributed by atoms with Crippen molar-refractivity contribution < 1.29 is 14.3 Å². The standard InChI is InChI=1S/C21H25NO3S/c1-15-6-9-17(10-7-15)26-14-21(23)22-12-4-5-18(22)16-8-11-19(24-2)20(13-16)25-3/h6-11,13,18H,4-5,12,14H2,1-3H3/t18-/m1/s1. The van der Waals surface area contributed by atoms with E-state index in [9.17, 15) is 4.79 Å². The molecular formula is C21H25NO3S. The molecule has 138 valence electrons. The second-order valence-corrected chi connectivity index (χ2v) is 7.51. The van der Waals surface area contributed by atoms with E-state index in [1.807, 2.05) is 23.1 Å². The molecular weight excluding hydrogens is 346 g/mol. The van der Waals surface area contributed by atoms with Gasteiger partial charge in [0, 0.05) is 11.4 Å². The lowest BCUT2D eigenvalue weighted by Gasteiger charge is -2.25. The van der Waals surface area contributed by atoms with Crippen molar-refractivity contribution in [2.45, 2.75) is 30.7 Å². The second-order valence-electron chi connectivity index (χ2n) is 6.46. The van der Waals surface area contributed by atoms with Crippen LogP contribution in [-0.4, -0.2) is 37.3 Å². The van der Waals surface area contributed by atoms with E-state index in [0.29, 0.717) is 17.3 Å². The normalized spacial score (nSPS) is 16.6. The van der Waals surface area contributed by atoms with Gasteiger partial charge in [0.15, 0.2) is 11.5 Å². The maximum Gasteiger partial charge on any atom is 0.233 e. The number of ether oxygens (including phenoxy) is 2. The van der Waals surface area contributed by atoms with E-state index in [1.54, 1.807) is 26.0 Å². The highest BCUT2D eigenvalue weighted by molar-refractivity contribution is 8.00. The Morgan fingerprint density at radius 3 is 2.54 bits per heavy atom. The Morgan fingerprint density at radius 2 is 1.85 bits per heavy atom. The minimum absolute atomic E-state index is 0.112. The molecule has 1 aliphatic heterocycles. The van der Waals surface area contributed by atoms with E-state index in [2.05, 4.69) is 31.2 Å². The minimum atomic E-state index is 0.112. The lowest BCUT2D eigenvalue weighted by atomic mass is 10.0. The highest BCUT2D eigenvalue weighted by Gasteiger charge is 2.30. The van der Waals surface area contributed by atoms with Gasteiger partial charge in [0.2, 0.25) is 5.91 Å². The van der Waals surface area contributed by atoms with E-state index < -0.39 is 0 Å². The molecule has 4 nitrogen and oxygen atoms in total. The first-order chi connectivity index (χ1) is 12.6. The van der Waals surface area contributed by atoms with Gasteiger partial charge in [-0.1, -0.05) is 23.8 Å². The highest BCUT2D eigenvalue weighted by Crippen LogP contribution is 2.37. The van der Waals surface area contributed by atoms with Gasteiger partial charge in [-0.3, -0.25) is 4.79 Å². The van der Waals surface area contributed by atoms with Crippen molar-refractivity contribution in [3.63, 3.8) is 0 Å². The molecule has 2 aromatic carbocycles. The number of benzene rings is 2. The van der Waals surface area contributed by atoms with Crippen molar-refractivity contribution >= 4 is 17.7 Å². The Labute approximate surface area is 159 Å². The number of amides is 1. The molecule has 1 saturated heterocycles. The van der Waals surface area contributed by atoms with Crippen molar-refractivity contribution in [3.05, 3.63) is 53.6 Å². The number of rotatable bonds is 6. The summed E-state index contributed by atoms with van der Waals surface area (Å²) in [5.41, 5.74) is 2.34. The number of nitrogens with zero attached hydrogens (tertiary/aromatic N) is 1. The van der Waals surface area contributed by atoms with Crippen molar-refractivity contribution in [1.29, 1.82) is 0 Å². The number of likely N-dealkylation sites (tertiary alicyclic amines) is 1. The zero-order valence-electron chi connectivity index (χ0n) is 15.5. The summed E-state index contributed by atoms with van der Waals surface area (Å²) in [5, 5.41) is 0. The third kappa shape index (κ3) is 4.15. The summed E-state index contributed by atoms with van der Waals surface area (Å²) in [6.45, 7) is 2.88. The van der Waals surface area contributed by atoms with Crippen molar-refractivity contribution in [3.8, 4) is 11.5 Å². The predicted molar refractivity (Wildman–Crippen MR) is 105 cm³/mol. The van der Waals surface area contributed by atoms with E-state index in [0.717, 1.165) is 29.8 Å². The first-order valence-corrected chi connectivity index (χ1v) is 9.82. The van der Waals surface area contributed by atoms with E-state index >= 15 is 0 Å². The first kappa shape index (κ1) is 18.6. The topological polar surface area (TPSA) is 38.8 Å². The number of carbonyl (C=O) groups is 1. The summed E-state index contributed by atoms with van der Waals surface area (Å²) in [4.78, 5) is 15.9. The average Bonchev–Trinajstić information content (AvgIpc) is 3.16. The lowest BCUT2D eigenvalue weighted by Crippen LogP contribution is -2.32. The molecule has 3 rings (SSSR count). The van der Waals surface area contributed by atoms with Crippen LogP contribution in [0, 0.1) is 6.92 Å². The summed E-state index contributed by atoms with van der Waals surface area (Å²) >= 11 is 1.60. The van der Waals surface area contributed by atoms with Gasteiger partial charge in [0.25, 0.3) is 0 Å². The molecule has 1 aliphatic rings. The molecule has 1 atom stereocenters. The van der Waals surface area contributed by atoms with Gasteiger partial charge in [-0.15, -0.1) is 11.8 Å². The van der Waals surface area contributed by atoms with E-state index in [1.165, 1.54) is 5.56 Å². The predicted octanol–water partition coefficient (Wildman–Crippen LogP) is 4.47. The number of hydrogen-bond acceptors (Lipinski definition) is 4. The van der Waals surface area contributed by atoms with Crippen LogP contribution in [0.3, 0.4) is 0 Å². The molecule has 0 aliphatic carbocycles. The van der Waals surface area contributed by atoms with Gasteiger partial charge < -0.3 is 14.4 Å². The largest absolute Gasteiger partial charge is 0.493 e. The summed E-state index contributed by atoms with van der Waals surface area (Å²) in [7, 11) is 3.27. The van der Waals surface area contributed by atoms with Crippen LogP contribution in [0.1, 0.15) is 30.0 Å². The number of methoxy groups -OCH3 is 2. The SMILES string of the molecule is COc1ccc([C@H]2CCCN2C(=O)CSc2ccc(C)cc2)cc1OC. The Morgan fingerprint density at radius 1 is 1.12 bits per heavy atom. The Balaban J connectivity index is 1.69. The molecule has 0 radical (unpaired) electrons. The Hall–Kier alpha value is -2.14. The molecule has 0 unspecified atom stereocenters. The molecule has 5 heteroatoms. The maximum absolute atomic E-state index is 12.8. The fourth-order valence-electron chi connectivity index (χ4n) is 3.33. The van der Waals surface area contributed by atoms with Gasteiger partial charge in [-0.2, -0.15) is 0 Å². The van der Waals surface area contributed by atoms with Crippen LogP contribution < -0.4 is 9.47 Å². The number of thioether (sulfide) groups is 1. The van der Waals surface area contributed by atoms with Crippen molar-refractivity contribution in [1.82, 2.24) is 4.90 Å². The van der Waals surface area contributed by atoms with Crippen molar-refractivity contribution in [2.75, 3.05) is 26.5 Å². The molecule has 0 spiro atoms. The minimum Gasteiger partial charge on any atom is -0.493 e. The van der Waals surface area contributed by atoms with E-state index in [-0.39, 0.29) is 11.9 Å². The van der Waals surface area contributed by atoms with Crippen LogP contribution in [0.2, 0.25) is 0 Å². The second kappa shape index (κ2) is 8.49. The lowest BCUT2D eigenvalue weighted by molar-refractivity contribution is -0.129. The zero-order chi connectivity index (χ0) is 18.5. The number of aryl methyl sites for hydroxylation is 1. The molecule has 1 amide bonds.